The second kappa shape index (κ2) is 9.38. The van der Waals surface area contributed by atoms with Crippen LogP contribution in [0.2, 0.25) is 5.02 Å². The summed E-state index contributed by atoms with van der Waals surface area (Å²) in [5.41, 5.74) is -0.685. The van der Waals surface area contributed by atoms with Gasteiger partial charge in [0.05, 0.1) is 31.3 Å². The summed E-state index contributed by atoms with van der Waals surface area (Å²) >= 11 is 6.01. The van der Waals surface area contributed by atoms with Crippen molar-refractivity contribution in [3.63, 3.8) is 0 Å². The van der Waals surface area contributed by atoms with E-state index in [1.165, 1.54) is 30.3 Å². The van der Waals surface area contributed by atoms with Crippen molar-refractivity contribution in [2.75, 3.05) is 44.8 Å². The highest BCUT2D eigenvalue weighted by Gasteiger charge is 2.34. The summed E-state index contributed by atoms with van der Waals surface area (Å²) in [6.07, 6.45) is -2.36. The molecule has 1 saturated heterocycles. The van der Waals surface area contributed by atoms with Gasteiger partial charge in [-0.1, -0.05) is 11.6 Å². The number of piperazine rings is 1. The van der Waals surface area contributed by atoms with Gasteiger partial charge in [-0.2, -0.15) is 13.2 Å². The van der Waals surface area contributed by atoms with E-state index in [0.717, 1.165) is 12.3 Å². The van der Waals surface area contributed by atoms with Crippen molar-refractivity contribution in [1.82, 2.24) is 9.88 Å². The first-order valence-corrected chi connectivity index (χ1v) is 9.55. The number of H-pyrrole nitrogens is 1. The van der Waals surface area contributed by atoms with Crippen LogP contribution in [0.15, 0.2) is 30.6 Å². The van der Waals surface area contributed by atoms with Crippen LogP contribution in [0.3, 0.4) is 0 Å². The van der Waals surface area contributed by atoms with Gasteiger partial charge in [-0.3, -0.25) is 9.69 Å². The second-order valence-electron chi connectivity index (χ2n) is 6.62. The molecule has 0 aromatic carbocycles. The molecule has 0 saturated carbocycles. The van der Waals surface area contributed by atoms with Gasteiger partial charge in [0.2, 0.25) is 5.88 Å². The Bertz CT molecular complexity index is 948. The monoisotopic (exact) mass is 459 g/mol. The molecule has 1 fully saturated rings. The number of aromatic amines is 1. The Kier molecular flexibility index (Phi) is 6.84. The number of alkyl halides is 3. The summed E-state index contributed by atoms with van der Waals surface area (Å²) in [4.78, 5) is 34.1. The average molecular weight is 460 g/mol. The Balaban J connectivity index is 1.51. The zero-order chi connectivity index (χ0) is 22.6. The second-order valence-corrected chi connectivity index (χ2v) is 7.02. The zero-order valence-electron chi connectivity index (χ0n) is 16.4. The highest BCUT2D eigenvalue weighted by atomic mass is 35.5. The number of nitrogens with zero attached hydrogens (tertiary/aromatic N) is 3. The number of carbonyl (C=O) groups excluding carboxylic acids is 2. The molecular weight excluding hydrogens is 441 g/mol. The van der Waals surface area contributed by atoms with Crippen LogP contribution in [-0.2, 0) is 15.7 Å². The molecule has 0 atom stereocenters. The lowest BCUT2D eigenvalue weighted by atomic mass is 10.2. The van der Waals surface area contributed by atoms with E-state index in [0.29, 0.717) is 37.9 Å². The number of esters is 1. The first-order chi connectivity index (χ1) is 14.7. The fourth-order valence-corrected chi connectivity index (χ4v) is 3.26. The van der Waals surface area contributed by atoms with Gasteiger partial charge < -0.3 is 14.4 Å². The number of anilines is 1. The van der Waals surface area contributed by atoms with Gasteiger partial charge in [0.1, 0.15) is 24.3 Å². The Morgan fingerprint density at radius 1 is 1.23 bits per heavy atom. The fourth-order valence-electron chi connectivity index (χ4n) is 2.97. The number of amides is 1. The molecule has 2 aromatic rings. The lowest BCUT2D eigenvalue weighted by Crippen LogP contribution is -2.51. The molecule has 8 nitrogen and oxygen atoms in total. The molecule has 1 amide bonds. The third-order valence-electron chi connectivity index (χ3n) is 4.66. The molecular formula is C19H19ClF3N4O4+. The van der Waals surface area contributed by atoms with E-state index in [1.54, 1.807) is 4.90 Å². The first kappa shape index (κ1) is 22.6. The maximum atomic E-state index is 12.8. The number of hydrogen-bond donors (Lipinski definition) is 0. The minimum Gasteiger partial charge on any atom is -0.481 e. The number of pyridine rings is 2. The maximum Gasteiger partial charge on any atom is 0.419 e. The lowest BCUT2D eigenvalue weighted by molar-refractivity contribution is -0.367. The quantitative estimate of drug-likeness (QED) is 0.636. The first-order valence-electron chi connectivity index (χ1n) is 9.17. The van der Waals surface area contributed by atoms with Gasteiger partial charge in [-0.25, -0.2) is 14.8 Å². The number of rotatable bonds is 5. The highest BCUT2D eigenvalue weighted by molar-refractivity contribution is 6.32. The largest absolute Gasteiger partial charge is 0.481 e. The fraction of sp³-hybridized carbons (Fsp3) is 0.368. The van der Waals surface area contributed by atoms with E-state index >= 15 is 0 Å². The van der Waals surface area contributed by atoms with Crippen LogP contribution < -0.4 is 14.6 Å². The molecule has 3 rings (SSSR count). The minimum absolute atomic E-state index is 0.0587. The SMILES string of the molecule is COc1ccc(C(=O)OCC(=O)N2CCN(c3[nH+]cc(C(F)(F)F)cc3Cl)CC2)cn1. The number of halogens is 4. The molecule has 1 aliphatic rings. The number of carbonyl (C=O) groups is 2. The Labute approximate surface area is 180 Å². The molecule has 0 bridgehead atoms. The Morgan fingerprint density at radius 2 is 1.94 bits per heavy atom. The van der Waals surface area contributed by atoms with E-state index < -0.39 is 24.3 Å². The van der Waals surface area contributed by atoms with Crippen molar-refractivity contribution in [1.29, 1.82) is 0 Å². The molecule has 0 radical (unpaired) electrons. The van der Waals surface area contributed by atoms with Gasteiger partial charge in [0, 0.05) is 12.3 Å². The van der Waals surface area contributed by atoms with Crippen LogP contribution in [-0.4, -0.2) is 61.7 Å². The smallest absolute Gasteiger partial charge is 0.419 e. The number of aromatic nitrogens is 2. The van der Waals surface area contributed by atoms with Crippen LogP contribution in [0.5, 0.6) is 5.88 Å². The molecule has 0 spiro atoms. The van der Waals surface area contributed by atoms with Crippen LogP contribution in [0, 0.1) is 0 Å². The van der Waals surface area contributed by atoms with Crippen molar-refractivity contribution >= 4 is 29.3 Å². The summed E-state index contributed by atoms with van der Waals surface area (Å²) in [5, 5.41) is -0.0587. The topological polar surface area (TPSA) is 86.1 Å². The van der Waals surface area contributed by atoms with E-state index in [4.69, 9.17) is 21.1 Å². The molecule has 12 heteroatoms. The van der Waals surface area contributed by atoms with E-state index in [-0.39, 0.29) is 16.5 Å². The van der Waals surface area contributed by atoms with E-state index in [2.05, 4.69) is 9.97 Å². The normalized spacial score (nSPS) is 14.4. The van der Waals surface area contributed by atoms with Crippen LogP contribution >= 0.6 is 11.6 Å². The lowest BCUT2D eigenvalue weighted by Gasteiger charge is -2.31. The van der Waals surface area contributed by atoms with E-state index in [9.17, 15) is 22.8 Å². The number of hydrogen-bond acceptors (Lipinski definition) is 6. The van der Waals surface area contributed by atoms with Crippen molar-refractivity contribution in [3.8, 4) is 5.88 Å². The number of ether oxygens (including phenoxy) is 2. The summed E-state index contributed by atoms with van der Waals surface area (Å²) in [6, 6.07) is 3.83. The average Bonchev–Trinajstić information content (AvgIpc) is 2.76. The third-order valence-corrected chi connectivity index (χ3v) is 4.94. The molecule has 31 heavy (non-hydrogen) atoms. The predicted octanol–water partition coefficient (Wildman–Crippen LogP) is 2.08. The van der Waals surface area contributed by atoms with E-state index in [1.807, 2.05) is 0 Å². The molecule has 0 aliphatic carbocycles. The molecule has 166 valence electrons. The minimum atomic E-state index is -4.50. The Hall–Kier alpha value is -3.08. The molecule has 2 aromatic heterocycles. The summed E-state index contributed by atoms with van der Waals surface area (Å²) in [5.74, 6) is -0.374. The van der Waals surface area contributed by atoms with Crippen molar-refractivity contribution in [2.45, 2.75) is 6.18 Å². The highest BCUT2D eigenvalue weighted by Crippen LogP contribution is 2.32. The van der Waals surface area contributed by atoms with Crippen LogP contribution in [0.25, 0.3) is 0 Å². The molecule has 1 aliphatic heterocycles. The van der Waals surface area contributed by atoms with Gasteiger partial charge in [-0.05, 0) is 12.1 Å². The molecule has 3 heterocycles. The summed E-state index contributed by atoms with van der Waals surface area (Å²) < 4.78 is 48.3. The van der Waals surface area contributed by atoms with Gasteiger partial charge in [0.15, 0.2) is 6.61 Å². The summed E-state index contributed by atoms with van der Waals surface area (Å²) in [6.45, 7) is 0.864. The maximum absolute atomic E-state index is 12.8. The Morgan fingerprint density at radius 3 is 2.48 bits per heavy atom. The van der Waals surface area contributed by atoms with Crippen LogP contribution in [0.1, 0.15) is 15.9 Å². The number of nitrogens with one attached hydrogen (secondary N) is 1. The third kappa shape index (κ3) is 5.54. The van der Waals surface area contributed by atoms with Gasteiger partial charge in [-0.15, -0.1) is 0 Å². The van der Waals surface area contributed by atoms with Gasteiger partial charge in [0.25, 0.3) is 11.7 Å². The zero-order valence-corrected chi connectivity index (χ0v) is 17.2. The summed E-state index contributed by atoms with van der Waals surface area (Å²) in [7, 11) is 1.45. The number of methoxy groups -OCH3 is 1. The van der Waals surface area contributed by atoms with Crippen molar-refractivity contribution in [2.24, 2.45) is 0 Å². The van der Waals surface area contributed by atoms with Crippen molar-refractivity contribution in [3.05, 3.63) is 46.7 Å². The van der Waals surface area contributed by atoms with Crippen LogP contribution in [0.4, 0.5) is 19.0 Å². The standard InChI is InChI=1S/C19H18ClF3N4O4/c1-30-15-3-2-12(9-24-15)18(29)31-11-16(28)26-4-6-27(7-5-26)17-14(20)8-13(10-25-17)19(21,22)23/h2-3,8-10H,4-7,11H2,1H3/p+1. The molecule has 0 unspecified atom stereocenters. The van der Waals surface area contributed by atoms with Gasteiger partial charge >= 0.3 is 12.1 Å². The molecule has 1 N–H and O–H groups in total. The van der Waals surface area contributed by atoms with Crippen molar-refractivity contribution < 1.29 is 37.2 Å². The predicted molar refractivity (Wildman–Crippen MR) is 103 cm³/mol.